The number of carbonyl (C=O) groups is 2. The van der Waals surface area contributed by atoms with Crippen LogP contribution in [0.1, 0.15) is 24.8 Å². The fourth-order valence-corrected chi connectivity index (χ4v) is 4.87. The van der Waals surface area contributed by atoms with E-state index in [1.807, 2.05) is 35.2 Å². The molecule has 0 spiro atoms. The number of benzene rings is 1. The number of nitrogens with zero attached hydrogens (tertiary/aromatic N) is 2. The van der Waals surface area contributed by atoms with Gasteiger partial charge in [-0.05, 0) is 43.4 Å². The maximum atomic E-state index is 12.2. The smallest absolute Gasteiger partial charge is 0.239 e. The van der Waals surface area contributed by atoms with Crippen LogP contribution in [-0.4, -0.2) is 49.8 Å². The van der Waals surface area contributed by atoms with Crippen LogP contribution in [0.5, 0.6) is 0 Å². The molecule has 1 fully saturated rings. The van der Waals surface area contributed by atoms with Crippen LogP contribution in [0.3, 0.4) is 0 Å². The topological polar surface area (TPSA) is 122 Å². The number of sulfone groups is 1. The summed E-state index contributed by atoms with van der Waals surface area (Å²) in [6, 6.07) is 13.1. The summed E-state index contributed by atoms with van der Waals surface area (Å²) in [6.07, 6.45) is 4.25. The zero-order valence-electron chi connectivity index (χ0n) is 17.4. The molecule has 166 valence electrons. The van der Waals surface area contributed by atoms with Crippen LogP contribution in [0.4, 0.5) is 11.5 Å². The van der Waals surface area contributed by atoms with Crippen molar-refractivity contribution < 1.29 is 18.0 Å². The summed E-state index contributed by atoms with van der Waals surface area (Å²) in [5, 5.41) is 2.59. The lowest BCUT2D eigenvalue weighted by Crippen LogP contribution is -2.41. The highest BCUT2D eigenvalue weighted by atomic mass is 32.2. The molecule has 1 unspecified atom stereocenters. The van der Waals surface area contributed by atoms with Crippen LogP contribution in [0.15, 0.2) is 48.7 Å². The Morgan fingerprint density at radius 2 is 1.94 bits per heavy atom. The lowest BCUT2D eigenvalue weighted by Gasteiger charge is -2.32. The molecule has 1 aromatic carbocycles. The van der Waals surface area contributed by atoms with Crippen LogP contribution >= 0.6 is 0 Å². The van der Waals surface area contributed by atoms with Gasteiger partial charge in [0, 0.05) is 13.1 Å². The number of rotatable bonds is 9. The van der Waals surface area contributed by atoms with Crippen LogP contribution in [0.25, 0.3) is 0 Å². The third-order valence-electron chi connectivity index (χ3n) is 5.29. The molecule has 0 bridgehead atoms. The summed E-state index contributed by atoms with van der Waals surface area (Å²) in [5.74, 6) is -0.988. The number of hydrogen-bond donors (Lipinski definition) is 2. The number of piperidine rings is 1. The molecule has 0 radical (unpaired) electrons. The summed E-state index contributed by atoms with van der Waals surface area (Å²) in [6.45, 7) is 1.30. The summed E-state index contributed by atoms with van der Waals surface area (Å²) in [4.78, 5) is 29.9. The molecule has 0 saturated carbocycles. The standard InChI is InChI=1S/C22H28N4O4S/c23-22(28)18-9-4-12-26(15-18)20-11-10-19(14-24-20)25-21(27)16-31(29,30)13-5-8-17-6-2-1-3-7-17/h1-3,6-7,10-11,14,18H,4-5,8-9,12-13,15-16H2,(H2,23,28)(H,25,27). The van der Waals surface area contributed by atoms with Gasteiger partial charge in [0.05, 0.1) is 23.6 Å². The van der Waals surface area contributed by atoms with E-state index in [2.05, 4.69) is 10.3 Å². The van der Waals surface area contributed by atoms with Crippen molar-refractivity contribution in [3.8, 4) is 0 Å². The average molecular weight is 445 g/mol. The van der Waals surface area contributed by atoms with Crippen molar-refractivity contribution in [2.45, 2.75) is 25.7 Å². The molecule has 9 heteroatoms. The number of nitrogens with two attached hydrogens (primary N) is 1. The molecular formula is C22H28N4O4S. The summed E-state index contributed by atoms with van der Waals surface area (Å²) in [7, 11) is -3.50. The molecule has 31 heavy (non-hydrogen) atoms. The van der Waals surface area contributed by atoms with E-state index in [-0.39, 0.29) is 17.6 Å². The lowest BCUT2D eigenvalue weighted by molar-refractivity contribution is -0.122. The molecule has 1 atom stereocenters. The molecule has 2 aromatic rings. The van der Waals surface area contributed by atoms with Crippen LogP contribution in [-0.2, 0) is 25.8 Å². The zero-order chi connectivity index (χ0) is 22.3. The molecule has 2 amide bonds. The third-order valence-corrected chi connectivity index (χ3v) is 6.91. The van der Waals surface area contributed by atoms with Gasteiger partial charge in [0.15, 0.2) is 9.84 Å². The van der Waals surface area contributed by atoms with Gasteiger partial charge in [-0.15, -0.1) is 0 Å². The Kier molecular flexibility index (Phi) is 7.62. The Morgan fingerprint density at radius 1 is 1.16 bits per heavy atom. The largest absolute Gasteiger partial charge is 0.369 e. The number of amides is 2. The molecule has 8 nitrogen and oxygen atoms in total. The number of carbonyl (C=O) groups excluding carboxylic acids is 2. The van der Waals surface area contributed by atoms with E-state index in [1.54, 1.807) is 12.1 Å². The SMILES string of the molecule is NC(=O)C1CCCN(c2ccc(NC(=O)CS(=O)(=O)CCCc3ccccc3)cn2)C1. The maximum Gasteiger partial charge on any atom is 0.239 e. The van der Waals surface area contributed by atoms with Gasteiger partial charge in [-0.3, -0.25) is 9.59 Å². The zero-order valence-corrected chi connectivity index (χ0v) is 18.2. The summed E-state index contributed by atoms with van der Waals surface area (Å²) >= 11 is 0. The number of nitrogens with one attached hydrogen (secondary N) is 1. The van der Waals surface area contributed by atoms with Gasteiger partial charge in [0.25, 0.3) is 0 Å². The monoisotopic (exact) mass is 444 g/mol. The first-order valence-corrected chi connectivity index (χ1v) is 12.2. The van der Waals surface area contributed by atoms with Crippen molar-refractivity contribution in [1.29, 1.82) is 0 Å². The van der Waals surface area contributed by atoms with E-state index in [0.717, 1.165) is 24.9 Å². The fourth-order valence-electron chi connectivity index (χ4n) is 3.67. The van der Waals surface area contributed by atoms with Gasteiger partial charge in [0.1, 0.15) is 11.6 Å². The highest BCUT2D eigenvalue weighted by Gasteiger charge is 2.24. The average Bonchev–Trinajstić information content (AvgIpc) is 2.74. The predicted molar refractivity (Wildman–Crippen MR) is 120 cm³/mol. The van der Waals surface area contributed by atoms with Crippen molar-refractivity contribution in [3.63, 3.8) is 0 Å². The van der Waals surface area contributed by atoms with Gasteiger partial charge < -0.3 is 16.0 Å². The van der Waals surface area contributed by atoms with E-state index in [0.29, 0.717) is 30.9 Å². The van der Waals surface area contributed by atoms with Crippen LogP contribution < -0.4 is 16.0 Å². The first kappa shape index (κ1) is 22.7. The molecule has 2 heterocycles. The van der Waals surface area contributed by atoms with E-state index in [4.69, 9.17) is 5.73 Å². The maximum absolute atomic E-state index is 12.2. The van der Waals surface area contributed by atoms with Gasteiger partial charge >= 0.3 is 0 Å². The molecule has 1 aliphatic rings. The predicted octanol–water partition coefficient (Wildman–Crippen LogP) is 1.77. The Morgan fingerprint density at radius 3 is 2.61 bits per heavy atom. The van der Waals surface area contributed by atoms with Crippen molar-refractivity contribution in [3.05, 3.63) is 54.2 Å². The lowest BCUT2D eigenvalue weighted by atomic mass is 9.97. The number of primary amides is 1. The fraction of sp³-hybridized carbons (Fsp3) is 0.409. The second-order valence-electron chi connectivity index (χ2n) is 7.82. The van der Waals surface area contributed by atoms with Crippen molar-refractivity contribution >= 4 is 33.2 Å². The number of aryl methyl sites for hydroxylation is 1. The number of anilines is 2. The first-order chi connectivity index (χ1) is 14.8. The highest BCUT2D eigenvalue weighted by Crippen LogP contribution is 2.22. The van der Waals surface area contributed by atoms with Crippen LogP contribution in [0, 0.1) is 5.92 Å². The molecule has 1 aliphatic heterocycles. The van der Waals surface area contributed by atoms with E-state index in [9.17, 15) is 18.0 Å². The van der Waals surface area contributed by atoms with Gasteiger partial charge in [-0.1, -0.05) is 30.3 Å². The number of pyridine rings is 1. The van der Waals surface area contributed by atoms with E-state index in [1.165, 1.54) is 6.20 Å². The molecule has 3 N–H and O–H groups in total. The first-order valence-electron chi connectivity index (χ1n) is 10.4. The normalized spacial score (nSPS) is 16.6. The molecule has 3 rings (SSSR count). The summed E-state index contributed by atoms with van der Waals surface area (Å²) in [5.41, 5.74) is 6.91. The Labute approximate surface area is 182 Å². The van der Waals surface area contributed by atoms with Crippen LogP contribution in [0.2, 0.25) is 0 Å². The Hall–Kier alpha value is -2.94. The Balaban J connectivity index is 1.48. The van der Waals surface area contributed by atoms with Crippen molar-refractivity contribution in [2.24, 2.45) is 11.7 Å². The van der Waals surface area contributed by atoms with Crippen molar-refractivity contribution in [1.82, 2.24) is 4.98 Å². The Bertz CT molecular complexity index is 994. The second kappa shape index (κ2) is 10.4. The molecule has 1 aromatic heterocycles. The minimum absolute atomic E-state index is 0.0392. The highest BCUT2D eigenvalue weighted by molar-refractivity contribution is 7.92. The van der Waals surface area contributed by atoms with Gasteiger partial charge in [-0.25, -0.2) is 13.4 Å². The minimum Gasteiger partial charge on any atom is -0.369 e. The molecule has 0 aliphatic carbocycles. The minimum atomic E-state index is -3.50. The van der Waals surface area contributed by atoms with Gasteiger partial charge in [-0.2, -0.15) is 0 Å². The van der Waals surface area contributed by atoms with Crippen molar-refractivity contribution in [2.75, 3.05) is 34.8 Å². The molecule has 1 saturated heterocycles. The van der Waals surface area contributed by atoms with E-state index < -0.39 is 21.5 Å². The third kappa shape index (κ3) is 7.06. The van der Waals surface area contributed by atoms with Gasteiger partial charge in [0.2, 0.25) is 11.8 Å². The number of hydrogen-bond acceptors (Lipinski definition) is 6. The quantitative estimate of drug-likeness (QED) is 0.608. The summed E-state index contributed by atoms with van der Waals surface area (Å²) < 4.78 is 24.5. The van der Waals surface area contributed by atoms with E-state index >= 15 is 0 Å². The molecular weight excluding hydrogens is 416 g/mol. The number of aromatic nitrogens is 1. The second-order valence-corrected chi connectivity index (χ2v) is 10.0.